The first-order valence-electron chi connectivity index (χ1n) is 12.2. The number of nitrogens with zero attached hydrogens (tertiary/aromatic N) is 4. The fraction of sp³-hybridized carbons (Fsp3) is 0.393. The summed E-state index contributed by atoms with van der Waals surface area (Å²) in [6, 6.07) is 5.54. The fourth-order valence-electron chi connectivity index (χ4n) is 6.64. The summed E-state index contributed by atoms with van der Waals surface area (Å²) in [5.74, 6) is -0.507. The van der Waals surface area contributed by atoms with Crippen molar-refractivity contribution in [3.8, 4) is 11.3 Å². The van der Waals surface area contributed by atoms with Gasteiger partial charge in [0.1, 0.15) is 17.3 Å². The third-order valence-electron chi connectivity index (χ3n) is 8.47. The van der Waals surface area contributed by atoms with Crippen LogP contribution >= 0.6 is 0 Å². The minimum Gasteiger partial charge on any atom is -0.498 e. The zero-order valence-electron chi connectivity index (χ0n) is 20.2. The molecule has 6 nitrogen and oxygen atoms in total. The van der Waals surface area contributed by atoms with E-state index in [2.05, 4.69) is 35.6 Å². The molecule has 0 spiro atoms. The van der Waals surface area contributed by atoms with Crippen LogP contribution in [0.3, 0.4) is 0 Å². The SMILES string of the molecule is C=C1C[C@H](CC(=O)c2cncc([C@@]34CC[C@@H](c5cc(-c6c(F)cccc6F)nnc53)C4(C)C)n2)CO1. The number of benzene rings is 1. The number of hydrogen-bond donors (Lipinski definition) is 0. The molecule has 1 aliphatic heterocycles. The summed E-state index contributed by atoms with van der Waals surface area (Å²) < 4.78 is 34.4. The van der Waals surface area contributed by atoms with Gasteiger partial charge in [-0.2, -0.15) is 5.10 Å². The van der Waals surface area contributed by atoms with Crippen LogP contribution in [0.2, 0.25) is 0 Å². The Labute approximate surface area is 207 Å². The van der Waals surface area contributed by atoms with E-state index in [0.29, 0.717) is 36.6 Å². The van der Waals surface area contributed by atoms with Crippen molar-refractivity contribution in [2.24, 2.45) is 11.3 Å². The van der Waals surface area contributed by atoms with Crippen molar-refractivity contribution in [1.82, 2.24) is 20.2 Å². The summed E-state index contributed by atoms with van der Waals surface area (Å²) in [6.07, 6.45) is 5.87. The van der Waals surface area contributed by atoms with E-state index in [-0.39, 0.29) is 34.3 Å². The van der Waals surface area contributed by atoms with E-state index in [9.17, 15) is 13.6 Å². The highest BCUT2D eigenvalue weighted by Gasteiger charge is 2.65. The Morgan fingerprint density at radius 2 is 1.97 bits per heavy atom. The number of ketones is 1. The van der Waals surface area contributed by atoms with Gasteiger partial charge in [0.25, 0.3) is 0 Å². The summed E-state index contributed by atoms with van der Waals surface area (Å²) >= 11 is 0. The van der Waals surface area contributed by atoms with Gasteiger partial charge < -0.3 is 4.74 Å². The first kappa shape index (κ1) is 22.9. The van der Waals surface area contributed by atoms with E-state index in [1.54, 1.807) is 12.3 Å². The molecule has 1 aromatic carbocycles. The molecule has 3 atom stereocenters. The van der Waals surface area contributed by atoms with Crippen LogP contribution in [0.1, 0.15) is 72.9 Å². The summed E-state index contributed by atoms with van der Waals surface area (Å²) in [5, 5.41) is 8.81. The van der Waals surface area contributed by atoms with Crippen LogP contribution in [-0.4, -0.2) is 32.6 Å². The number of aromatic nitrogens is 4. The van der Waals surface area contributed by atoms with Crippen LogP contribution in [0.4, 0.5) is 8.78 Å². The molecule has 6 rings (SSSR count). The number of hydrogen-bond acceptors (Lipinski definition) is 6. The lowest BCUT2D eigenvalue weighted by atomic mass is 9.66. The molecule has 8 heteroatoms. The molecule has 36 heavy (non-hydrogen) atoms. The quantitative estimate of drug-likeness (QED) is 0.439. The third-order valence-corrected chi connectivity index (χ3v) is 8.47. The van der Waals surface area contributed by atoms with Gasteiger partial charge in [-0.1, -0.05) is 26.5 Å². The number of allylic oxidation sites excluding steroid dienone is 1. The fourth-order valence-corrected chi connectivity index (χ4v) is 6.64. The van der Waals surface area contributed by atoms with E-state index in [4.69, 9.17) is 9.72 Å². The molecule has 2 bridgehead atoms. The molecular formula is C28H26F2N4O2. The van der Waals surface area contributed by atoms with Crippen molar-refractivity contribution in [2.45, 2.75) is 50.9 Å². The summed E-state index contributed by atoms with van der Waals surface area (Å²) in [5.41, 5.74) is 1.80. The second kappa shape index (κ2) is 7.98. The van der Waals surface area contributed by atoms with Crippen LogP contribution in [-0.2, 0) is 10.2 Å². The van der Waals surface area contributed by atoms with Gasteiger partial charge in [0.2, 0.25) is 0 Å². The van der Waals surface area contributed by atoms with Crippen LogP contribution < -0.4 is 0 Å². The number of Topliss-reactive ketones (excluding diaryl/α,β-unsaturated/α-hetero) is 1. The normalized spacial score (nSPS) is 25.6. The Hall–Kier alpha value is -3.55. The van der Waals surface area contributed by atoms with Gasteiger partial charge in [0, 0.05) is 25.0 Å². The standard InChI is InChI=1S/C28H26F2N4O2/c1-15-9-16(14-36-15)10-23(35)22-12-31-13-24(32-22)28-8-7-18(27(28,2)3)17-11-21(33-34-26(17)28)25-19(29)5-4-6-20(25)30/h4-6,11-13,16,18H,1,7-10,14H2,2-3H3/t16-,18+,28+/m1/s1. The maximum atomic E-state index is 14.5. The molecular weight excluding hydrogens is 462 g/mol. The van der Waals surface area contributed by atoms with E-state index in [1.807, 2.05) is 0 Å². The van der Waals surface area contributed by atoms with Gasteiger partial charge in [0.15, 0.2) is 5.78 Å². The Balaban J connectivity index is 1.41. The predicted octanol–water partition coefficient (Wildman–Crippen LogP) is 5.54. The van der Waals surface area contributed by atoms with E-state index in [0.717, 1.165) is 24.1 Å². The molecule has 0 unspecified atom stereocenters. The van der Waals surface area contributed by atoms with Crippen molar-refractivity contribution >= 4 is 5.78 Å². The first-order valence-corrected chi connectivity index (χ1v) is 12.2. The van der Waals surface area contributed by atoms with Crippen LogP contribution in [0.25, 0.3) is 11.3 Å². The molecule has 2 fully saturated rings. The smallest absolute Gasteiger partial charge is 0.183 e. The minimum atomic E-state index is -0.672. The van der Waals surface area contributed by atoms with Crippen molar-refractivity contribution in [2.75, 3.05) is 6.61 Å². The highest BCUT2D eigenvalue weighted by atomic mass is 19.1. The zero-order chi connectivity index (χ0) is 25.2. The Morgan fingerprint density at radius 1 is 1.19 bits per heavy atom. The minimum absolute atomic E-state index is 0.0777. The van der Waals surface area contributed by atoms with Gasteiger partial charge in [-0.3, -0.25) is 9.78 Å². The van der Waals surface area contributed by atoms with Gasteiger partial charge >= 0.3 is 0 Å². The van der Waals surface area contributed by atoms with Crippen molar-refractivity contribution in [1.29, 1.82) is 0 Å². The predicted molar refractivity (Wildman–Crippen MR) is 128 cm³/mol. The number of ether oxygens (including phenoxy) is 1. The second-order valence-electron chi connectivity index (χ2n) is 10.7. The van der Waals surface area contributed by atoms with Gasteiger partial charge in [-0.25, -0.2) is 13.8 Å². The Bertz CT molecular complexity index is 1400. The number of rotatable bonds is 5. The van der Waals surface area contributed by atoms with Gasteiger partial charge in [-0.05, 0) is 47.9 Å². The highest BCUT2D eigenvalue weighted by Crippen LogP contribution is 2.69. The van der Waals surface area contributed by atoms with E-state index < -0.39 is 17.0 Å². The summed E-state index contributed by atoms with van der Waals surface area (Å²) in [4.78, 5) is 22.3. The molecule has 2 aliphatic carbocycles. The van der Waals surface area contributed by atoms with Crippen LogP contribution in [0, 0.1) is 23.0 Å². The third kappa shape index (κ3) is 3.16. The monoisotopic (exact) mass is 488 g/mol. The largest absolute Gasteiger partial charge is 0.498 e. The average Bonchev–Trinajstić information content (AvgIpc) is 3.44. The lowest BCUT2D eigenvalue weighted by molar-refractivity contribution is 0.0948. The van der Waals surface area contributed by atoms with Gasteiger partial charge in [-0.15, -0.1) is 5.10 Å². The molecule has 0 amide bonds. The molecule has 2 aromatic heterocycles. The lowest BCUT2D eigenvalue weighted by Crippen LogP contribution is -2.38. The summed E-state index contributed by atoms with van der Waals surface area (Å²) in [7, 11) is 0. The first-order chi connectivity index (χ1) is 17.2. The second-order valence-corrected chi connectivity index (χ2v) is 10.7. The Kier molecular flexibility index (Phi) is 5.07. The van der Waals surface area contributed by atoms with Crippen LogP contribution in [0.15, 0.2) is 49.0 Å². The molecule has 3 aliphatic rings. The van der Waals surface area contributed by atoms with Crippen molar-refractivity contribution < 1.29 is 18.3 Å². The molecule has 1 saturated heterocycles. The maximum Gasteiger partial charge on any atom is 0.183 e. The summed E-state index contributed by atoms with van der Waals surface area (Å²) in [6.45, 7) is 8.64. The van der Waals surface area contributed by atoms with Crippen LogP contribution in [0.5, 0.6) is 0 Å². The number of carbonyl (C=O) groups is 1. The lowest BCUT2D eigenvalue weighted by Gasteiger charge is -2.37. The molecule has 184 valence electrons. The number of fused-ring (bicyclic) bond motifs is 5. The molecule has 0 N–H and O–H groups in total. The number of halogens is 2. The maximum absolute atomic E-state index is 14.5. The molecule has 3 aromatic rings. The number of carbonyl (C=O) groups excluding carboxylic acids is 1. The zero-order valence-corrected chi connectivity index (χ0v) is 20.2. The van der Waals surface area contributed by atoms with E-state index >= 15 is 0 Å². The molecule has 0 radical (unpaired) electrons. The topological polar surface area (TPSA) is 77.9 Å². The Morgan fingerprint density at radius 3 is 2.69 bits per heavy atom. The molecule has 1 saturated carbocycles. The van der Waals surface area contributed by atoms with E-state index in [1.165, 1.54) is 24.4 Å². The van der Waals surface area contributed by atoms with Crippen molar-refractivity contribution in [3.63, 3.8) is 0 Å². The van der Waals surface area contributed by atoms with Gasteiger partial charge in [0.05, 0.1) is 46.6 Å². The van der Waals surface area contributed by atoms with Crippen molar-refractivity contribution in [3.05, 3.63) is 83.3 Å². The molecule has 3 heterocycles. The average molecular weight is 489 g/mol. The highest BCUT2D eigenvalue weighted by molar-refractivity contribution is 5.94.